The van der Waals surface area contributed by atoms with Gasteiger partial charge in [-0.3, -0.25) is 4.79 Å². The number of aromatic nitrogens is 2. The normalized spacial score (nSPS) is 12.8. The molecule has 0 bridgehead atoms. The van der Waals surface area contributed by atoms with Crippen molar-refractivity contribution in [2.75, 3.05) is 5.75 Å². The van der Waals surface area contributed by atoms with Crippen LogP contribution in [0.4, 0.5) is 0 Å². The summed E-state index contributed by atoms with van der Waals surface area (Å²) in [4.78, 5) is 19.1. The first-order valence-corrected chi connectivity index (χ1v) is 7.65. The number of benzene rings is 1. The Labute approximate surface area is 120 Å². The summed E-state index contributed by atoms with van der Waals surface area (Å²) in [6.07, 6.45) is 0.952. The maximum absolute atomic E-state index is 11.9. The number of rotatable bonds is 5. The monoisotopic (exact) mass is 297 g/mol. The predicted octanol–water partition coefficient (Wildman–Crippen LogP) is 2.55. The highest BCUT2D eigenvalue weighted by Crippen LogP contribution is 2.16. The standard InChI is InChI=1S/C13H16ClN3OS/c1-2-9(15)6-19-7-12-16-11-4-3-8(14)5-10(11)13(18)17-12/h3-5,9H,2,6-7,15H2,1H3,(H,16,17,18). The lowest BCUT2D eigenvalue weighted by Crippen LogP contribution is -2.21. The first-order valence-electron chi connectivity index (χ1n) is 6.12. The Balaban J connectivity index is 2.17. The van der Waals surface area contributed by atoms with E-state index in [0.29, 0.717) is 27.5 Å². The van der Waals surface area contributed by atoms with Gasteiger partial charge in [-0.25, -0.2) is 4.98 Å². The fourth-order valence-electron chi connectivity index (χ4n) is 1.65. The minimum Gasteiger partial charge on any atom is -0.327 e. The first kappa shape index (κ1) is 14.4. The maximum Gasteiger partial charge on any atom is 0.258 e. The molecule has 2 rings (SSSR count). The highest BCUT2D eigenvalue weighted by molar-refractivity contribution is 7.98. The first-order chi connectivity index (χ1) is 9.10. The molecule has 102 valence electrons. The van der Waals surface area contributed by atoms with E-state index in [1.165, 1.54) is 0 Å². The van der Waals surface area contributed by atoms with Crippen molar-refractivity contribution < 1.29 is 0 Å². The van der Waals surface area contributed by atoms with Crippen molar-refractivity contribution >= 4 is 34.3 Å². The smallest absolute Gasteiger partial charge is 0.258 e. The molecule has 4 nitrogen and oxygen atoms in total. The number of hydrogen-bond acceptors (Lipinski definition) is 4. The van der Waals surface area contributed by atoms with E-state index in [1.807, 2.05) is 0 Å². The molecule has 1 atom stereocenters. The molecule has 19 heavy (non-hydrogen) atoms. The minimum absolute atomic E-state index is 0.150. The van der Waals surface area contributed by atoms with Crippen molar-refractivity contribution in [3.8, 4) is 0 Å². The Kier molecular flexibility index (Phi) is 4.85. The average molecular weight is 298 g/mol. The molecule has 0 saturated carbocycles. The molecule has 1 aromatic heterocycles. The van der Waals surface area contributed by atoms with Crippen molar-refractivity contribution in [3.63, 3.8) is 0 Å². The lowest BCUT2D eigenvalue weighted by atomic mass is 10.2. The van der Waals surface area contributed by atoms with Crippen LogP contribution in [0.1, 0.15) is 19.2 Å². The van der Waals surface area contributed by atoms with Gasteiger partial charge in [0, 0.05) is 16.8 Å². The molecule has 0 aliphatic heterocycles. The van der Waals surface area contributed by atoms with Crippen LogP contribution in [-0.2, 0) is 5.75 Å². The summed E-state index contributed by atoms with van der Waals surface area (Å²) in [6.45, 7) is 2.06. The number of aromatic amines is 1. The lowest BCUT2D eigenvalue weighted by molar-refractivity contribution is 0.724. The van der Waals surface area contributed by atoms with E-state index < -0.39 is 0 Å². The number of nitrogens with one attached hydrogen (secondary N) is 1. The van der Waals surface area contributed by atoms with E-state index >= 15 is 0 Å². The quantitative estimate of drug-likeness (QED) is 0.889. The van der Waals surface area contributed by atoms with Gasteiger partial charge in [-0.15, -0.1) is 0 Å². The molecule has 1 aromatic carbocycles. The zero-order valence-electron chi connectivity index (χ0n) is 10.6. The fourth-order valence-corrected chi connectivity index (χ4v) is 2.81. The van der Waals surface area contributed by atoms with Crippen LogP contribution < -0.4 is 11.3 Å². The molecule has 0 saturated heterocycles. The van der Waals surface area contributed by atoms with Gasteiger partial charge in [0.1, 0.15) is 5.82 Å². The topological polar surface area (TPSA) is 71.8 Å². The van der Waals surface area contributed by atoms with Gasteiger partial charge < -0.3 is 10.7 Å². The summed E-state index contributed by atoms with van der Waals surface area (Å²) < 4.78 is 0. The predicted molar refractivity (Wildman–Crippen MR) is 81.8 cm³/mol. The number of nitrogens with zero attached hydrogens (tertiary/aromatic N) is 1. The molecular weight excluding hydrogens is 282 g/mol. The molecule has 0 spiro atoms. The number of H-pyrrole nitrogens is 1. The van der Waals surface area contributed by atoms with Crippen LogP contribution in [0.2, 0.25) is 5.02 Å². The van der Waals surface area contributed by atoms with Gasteiger partial charge in [0.2, 0.25) is 0 Å². The van der Waals surface area contributed by atoms with E-state index in [2.05, 4.69) is 16.9 Å². The van der Waals surface area contributed by atoms with Gasteiger partial charge in [0.05, 0.1) is 16.7 Å². The van der Waals surface area contributed by atoms with E-state index in [-0.39, 0.29) is 11.6 Å². The highest BCUT2D eigenvalue weighted by atomic mass is 35.5. The molecule has 2 aromatic rings. The SMILES string of the molecule is CCC(N)CSCc1nc2ccc(Cl)cc2c(=O)[nH]1. The average Bonchev–Trinajstić information content (AvgIpc) is 2.39. The van der Waals surface area contributed by atoms with E-state index in [0.717, 1.165) is 12.2 Å². The second kappa shape index (κ2) is 6.41. The Bertz CT molecular complexity index is 629. The van der Waals surface area contributed by atoms with Gasteiger partial charge >= 0.3 is 0 Å². The Morgan fingerprint density at radius 1 is 1.53 bits per heavy atom. The van der Waals surface area contributed by atoms with E-state index in [4.69, 9.17) is 17.3 Å². The van der Waals surface area contributed by atoms with E-state index in [1.54, 1.807) is 30.0 Å². The van der Waals surface area contributed by atoms with Crippen LogP contribution in [0.15, 0.2) is 23.0 Å². The maximum atomic E-state index is 11.9. The molecule has 3 N–H and O–H groups in total. The van der Waals surface area contributed by atoms with Crippen molar-refractivity contribution in [2.45, 2.75) is 25.1 Å². The Hall–Kier alpha value is -1.04. The zero-order chi connectivity index (χ0) is 13.8. The third-order valence-corrected chi connectivity index (χ3v) is 4.19. The molecule has 6 heteroatoms. The fraction of sp³-hybridized carbons (Fsp3) is 0.385. The number of hydrogen-bond donors (Lipinski definition) is 2. The lowest BCUT2D eigenvalue weighted by Gasteiger charge is -2.07. The van der Waals surface area contributed by atoms with Gasteiger partial charge in [-0.1, -0.05) is 18.5 Å². The second-order valence-electron chi connectivity index (χ2n) is 4.36. The van der Waals surface area contributed by atoms with Crippen LogP contribution >= 0.6 is 23.4 Å². The Morgan fingerprint density at radius 2 is 2.32 bits per heavy atom. The third kappa shape index (κ3) is 3.72. The minimum atomic E-state index is -0.150. The van der Waals surface area contributed by atoms with Crippen LogP contribution in [0.25, 0.3) is 10.9 Å². The van der Waals surface area contributed by atoms with Crippen molar-refractivity contribution in [2.24, 2.45) is 5.73 Å². The van der Waals surface area contributed by atoms with Gasteiger partial charge in [-0.05, 0) is 24.6 Å². The summed E-state index contributed by atoms with van der Waals surface area (Å²) in [5.41, 5.74) is 6.37. The summed E-state index contributed by atoms with van der Waals surface area (Å²) in [5, 5.41) is 1.06. The molecule has 0 amide bonds. The van der Waals surface area contributed by atoms with Crippen LogP contribution in [-0.4, -0.2) is 21.8 Å². The summed E-state index contributed by atoms with van der Waals surface area (Å²) in [7, 11) is 0. The number of halogens is 1. The highest BCUT2D eigenvalue weighted by Gasteiger charge is 2.06. The molecule has 0 aliphatic rings. The molecule has 0 fully saturated rings. The summed E-state index contributed by atoms with van der Waals surface area (Å²) >= 11 is 7.54. The van der Waals surface area contributed by atoms with Crippen LogP contribution in [0.5, 0.6) is 0 Å². The number of fused-ring (bicyclic) bond motifs is 1. The molecule has 1 unspecified atom stereocenters. The number of thioether (sulfide) groups is 1. The summed E-state index contributed by atoms with van der Waals surface area (Å²) in [6, 6.07) is 5.32. The van der Waals surface area contributed by atoms with Crippen molar-refractivity contribution in [1.82, 2.24) is 9.97 Å². The van der Waals surface area contributed by atoms with Gasteiger partial charge in [0.15, 0.2) is 0 Å². The molecule has 0 aliphatic carbocycles. The van der Waals surface area contributed by atoms with Gasteiger partial charge in [-0.2, -0.15) is 11.8 Å². The molecular formula is C13H16ClN3OS. The second-order valence-corrected chi connectivity index (χ2v) is 5.82. The van der Waals surface area contributed by atoms with E-state index in [9.17, 15) is 4.79 Å². The largest absolute Gasteiger partial charge is 0.327 e. The van der Waals surface area contributed by atoms with Crippen LogP contribution in [0, 0.1) is 0 Å². The summed E-state index contributed by atoms with van der Waals surface area (Å²) in [5.74, 6) is 2.19. The van der Waals surface area contributed by atoms with Crippen LogP contribution in [0.3, 0.4) is 0 Å². The van der Waals surface area contributed by atoms with Gasteiger partial charge in [0.25, 0.3) is 5.56 Å². The Morgan fingerprint density at radius 3 is 3.05 bits per heavy atom. The molecule has 1 heterocycles. The zero-order valence-corrected chi connectivity index (χ0v) is 12.2. The number of nitrogens with two attached hydrogens (primary N) is 1. The van der Waals surface area contributed by atoms with Crippen molar-refractivity contribution in [3.05, 3.63) is 39.4 Å². The van der Waals surface area contributed by atoms with Crippen molar-refractivity contribution in [1.29, 1.82) is 0 Å². The third-order valence-electron chi connectivity index (χ3n) is 2.81. The molecule has 0 radical (unpaired) electrons.